The van der Waals surface area contributed by atoms with Crippen molar-refractivity contribution in [3.05, 3.63) is 28.8 Å². The number of rotatable bonds is 2. The molecule has 1 aromatic rings. The van der Waals surface area contributed by atoms with E-state index in [1.165, 1.54) is 24.9 Å². The van der Waals surface area contributed by atoms with Crippen LogP contribution in [-0.4, -0.2) is 13.1 Å². The van der Waals surface area contributed by atoms with Crippen LogP contribution in [-0.2, 0) is 6.54 Å². The highest BCUT2D eigenvalue weighted by Gasteiger charge is 2.14. The van der Waals surface area contributed by atoms with E-state index in [0.717, 1.165) is 29.6 Å². The van der Waals surface area contributed by atoms with E-state index in [1.54, 1.807) is 0 Å². The SMILES string of the molecule is CC1CCCN(c2ccc(CN)c(Cl)c2)CC1. The van der Waals surface area contributed by atoms with Gasteiger partial charge in [0.05, 0.1) is 0 Å². The zero-order valence-electron chi connectivity index (χ0n) is 10.5. The maximum Gasteiger partial charge on any atom is 0.0471 e. The molecule has 0 saturated carbocycles. The standard InChI is InChI=1S/C14H21ClN2/c1-11-3-2-7-17(8-6-11)13-5-4-12(10-16)14(15)9-13/h4-5,9,11H,2-3,6-8,10,16H2,1H3. The molecule has 1 unspecified atom stereocenters. The third-order valence-electron chi connectivity index (χ3n) is 3.64. The van der Waals surface area contributed by atoms with Gasteiger partial charge < -0.3 is 10.6 Å². The summed E-state index contributed by atoms with van der Waals surface area (Å²) in [6, 6.07) is 6.25. The number of nitrogens with zero attached hydrogens (tertiary/aromatic N) is 1. The molecule has 0 bridgehead atoms. The number of halogens is 1. The number of anilines is 1. The van der Waals surface area contributed by atoms with Gasteiger partial charge in [0.25, 0.3) is 0 Å². The van der Waals surface area contributed by atoms with Crippen LogP contribution in [0.25, 0.3) is 0 Å². The van der Waals surface area contributed by atoms with E-state index in [-0.39, 0.29) is 0 Å². The lowest BCUT2D eigenvalue weighted by molar-refractivity contribution is 0.521. The summed E-state index contributed by atoms with van der Waals surface area (Å²) in [6.45, 7) is 5.13. The van der Waals surface area contributed by atoms with Crippen molar-refractivity contribution in [3.63, 3.8) is 0 Å². The van der Waals surface area contributed by atoms with Gasteiger partial charge in [-0.15, -0.1) is 0 Å². The molecule has 2 rings (SSSR count). The Morgan fingerprint density at radius 3 is 2.88 bits per heavy atom. The largest absolute Gasteiger partial charge is 0.371 e. The van der Waals surface area contributed by atoms with Crippen LogP contribution in [0.3, 0.4) is 0 Å². The van der Waals surface area contributed by atoms with Crippen molar-refractivity contribution in [2.24, 2.45) is 11.7 Å². The first kappa shape index (κ1) is 12.7. The minimum atomic E-state index is 0.510. The molecule has 94 valence electrons. The molecule has 0 radical (unpaired) electrons. The first-order valence-corrected chi connectivity index (χ1v) is 6.82. The van der Waals surface area contributed by atoms with Gasteiger partial charge in [0, 0.05) is 30.3 Å². The zero-order valence-corrected chi connectivity index (χ0v) is 11.2. The fraction of sp³-hybridized carbons (Fsp3) is 0.571. The first-order chi connectivity index (χ1) is 8.20. The van der Waals surface area contributed by atoms with Crippen molar-refractivity contribution >= 4 is 17.3 Å². The van der Waals surface area contributed by atoms with Crippen LogP contribution in [0.1, 0.15) is 31.7 Å². The lowest BCUT2D eigenvalue weighted by Crippen LogP contribution is -2.24. The van der Waals surface area contributed by atoms with Crippen LogP contribution in [0.2, 0.25) is 5.02 Å². The average molecular weight is 253 g/mol. The van der Waals surface area contributed by atoms with E-state index in [0.29, 0.717) is 6.54 Å². The molecule has 1 saturated heterocycles. The molecule has 0 amide bonds. The highest BCUT2D eigenvalue weighted by Crippen LogP contribution is 2.26. The summed E-state index contributed by atoms with van der Waals surface area (Å²) in [5.41, 5.74) is 7.89. The van der Waals surface area contributed by atoms with Crippen molar-refractivity contribution in [1.29, 1.82) is 0 Å². The predicted octanol–water partition coefficient (Wildman–Crippen LogP) is 3.43. The molecule has 1 aliphatic rings. The quantitative estimate of drug-likeness (QED) is 0.874. The minimum absolute atomic E-state index is 0.510. The summed E-state index contributed by atoms with van der Waals surface area (Å²) in [5.74, 6) is 0.846. The smallest absolute Gasteiger partial charge is 0.0471 e. The summed E-state index contributed by atoms with van der Waals surface area (Å²) in [5, 5.41) is 0.794. The van der Waals surface area contributed by atoms with Crippen molar-refractivity contribution in [2.45, 2.75) is 32.7 Å². The molecular weight excluding hydrogens is 232 g/mol. The lowest BCUT2D eigenvalue weighted by Gasteiger charge is -2.23. The Morgan fingerprint density at radius 2 is 2.18 bits per heavy atom. The van der Waals surface area contributed by atoms with Gasteiger partial charge in [-0.25, -0.2) is 0 Å². The van der Waals surface area contributed by atoms with Crippen LogP contribution in [0.15, 0.2) is 18.2 Å². The summed E-state index contributed by atoms with van der Waals surface area (Å²) < 4.78 is 0. The van der Waals surface area contributed by atoms with Gasteiger partial charge in [-0.1, -0.05) is 24.6 Å². The second kappa shape index (κ2) is 5.74. The number of benzene rings is 1. The molecule has 1 heterocycles. The molecule has 3 heteroatoms. The topological polar surface area (TPSA) is 29.3 Å². The van der Waals surface area contributed by atoms with E-state index in [2.05, 4.69) is 24.0 Å². The predicted molar refractivity (Wildman–Crippen MR) is 74.6 cm³/mol. The summed E-state index contributed by atoms with van der Waals surface area (Å²) in [6.07, 6.45) is 3.89. The second-order valence-corrected chi connectivity index (χ2v) is 5.41. The van der Waals surface area contributed by atoms with Crippen molar-refractivity contribution in [1.82, 2.24) is 0 Å². The van der Waals surface area contributed by atoms with Crippen LogP contribution in [0.4, 0.5) is 5.69 Å². The van der Waals surface area contributed by atoms with E-state index in [9.17, 15) is 0 Å². The summed E-state index contributed by atoms with van der Waals surface area (Å²) in [4.78, 5) is 2.44. The Morgan fingerprint density at radius 1 is 1.35 bits per heavy atom. The summed E-state index contributed by atoms with van der Waals surface area (Å²) in [7, 11) is 0. The Kier molecular flexibility index (Phi) is 4.30. The molecule has 1 aromatic carbocycles. The average Bonchev–Trinajstić information content (AvgIpc) is 2.54. The van der Waals surface area contributed by atoms with Gasteiger partial charge in [0.1, 0.15) is 0 Å². The molecule has 0 aliphatic carbocycles. The summed E-state index contributed by atoms with van der Waals surface area (Å²) >= 11 is 6.21. The Bertz CT molecular complexity index is 378. The molecule has 0 spiro atoms. The lowest BCUT2D eigenvalue weighted by atomic mass is 10.0. The maximum atomic E-state index is 6.21. The van der Waals surface area contributed by atoms with E-state index < -0.39 is 0 Å². The molecule has 17 heavy (non-hydrogen) atoms. The Balaban J connectivity index is 2.13. The van der Waals surface area contributed by atoms with Crippen molar-refractivity contribution in [3.8, 4) is 0 Å². The van der Waals surface area contributed by atoms with Gasteiger partial charge in [0.15, 0.2) is 0 Å². The van der Waals surface area contributed by atoms with Crippen LogP contribution in [0.5, 0.6) is 0 Å². The number of nitrogens with two attached hydrogens (primary N) is 1. The Labute approximate surface area is 109 Å². The minimum Gasteiger partial charge on any atom is -0.371 e. The fourth-order valence-electron chi connectivity index (χ4n) is 2.42. The molecule has 1 atom stereocenters. The van der Waals surface area contributed by atoms with Crippen molar-refractivity contribution < 1.29 is 0 Å². The molecule has 1 aliphatic heterocycles. The number of hydrogen-bond donors (Lipinski definition) is 1. The maximum absolute atomic E-state index is 6.21. The molecule has 0 aromatic heterocycles. The second-order valence-electron chi connectivity index (χ2n) is 5.00. The fourth-order valence-corrected chi connectivity index (χ4v) is 2.67. The van der Waals surface area contributed by atoms with Gasteiger partial charge in [-0.05, 0) is 42.9 Å². The van der Waals surface area contributed by atoms with Crippen LogP contribution >= 0.6 is 11.6 Å². The van der Waals surface area contributed by atoms with E-state index in [1.807, 2.05) is 6.07 Å². The molecule has 2 N–H and O–H groups in total. The third kappa shape index (κ3) is 3.14. The van der Waals surface area contributed by atoms with Gasteiger partial charge in [0.2, 0.25) is 0 Å². The molecular formula is C14H21ClN2. The molecule has 2 nitrogen and oxygen atoms in total. The van der Waals surface area contributed by atoms with Crippen molar-refractivity contribution in [2.75, 3.05) is 18.0 Å². The van der Waals surface area contributed by atoms with Gasteiger partial charge in [-0.2, -0.15) is 0 Å². The zero-order chi connectivity index (χ0) is 12.3. The van der Waals surface area contributed by atoms with Gasteiger partial charge in [-0.3, -0.25) is 0 Å². The van der Waals surface area contributed by atoms with Crippen LogP contribution < -0.4 is 10.6 Å². The molecule has 1 fully saturated rings. The van der Waals surface area contributed by atoms with E-state index in [4.69, 9.17) is 17.3 Å². The third-order valence-corrected chi connectivity index (χ3v) is 3.99. The monoisotopic (exact) mass is 252 g/mol. The first-order valence-electron chi connectivity index (χ1n) is 6.44. The highest BCUT2D eigenvalue weighted by molar-refractivity contribution is 6.31. The highest BCUT2D eigenvalue weighted by atomic mass is 35.5. The van der Waals surface area contributed by atoms with Gasteiger partial charge >= 0.3 is 0 Å². The van der Waals surface area contributed by atoms with E-state index >= 15 is 0 Å². The number of hydrogen-bond acceptors (Lipinski definition) is 2. The normalized spacial score (nSPS) is 21.4. The Hall–Kier alpha value is -0.730. The van der Waals surface area contributed by atoms with Crippen LogP contribution in [0, 0.1) is 5.92 Å².